The van der Waals surface area contributed by atoms with E-state index in [0.29, 0.717) is 24.2 Å². The number of halogens is 1. The first-order chi connectivity index (χ1) is 10.7. The van der Waals surface area contributed by atoms with Crippen molar-refractivity contribution in [3.8, 4) is 0 Å². The number of nitrogens with zero attached hydrogens (tertiary/aromatic N) is 3. The lowest BCUT2D eigenvalue weighted by molar-refractivity contribution is 0.114. The maximum atomic E-state index is 10.2. The molecule has 0 amide bonds. The Morgan fingerprint density at radius 3 is 2.91 bits per heavy atom. The minimum atomic E-state index is -0.479. The Morgan fingerprint density at radius 1 is 1.27 bits per heavy atom. The Kier molecular flexibility index (Phi) is 4.87. The average Bonchev–Trinajstić information content (AvgIpc) is 2.53. The Morgan fingerprint density at radius 2 is 2.09 bits per heavy atom. The highest BCUT2D eigenvalue weighted by atomic mass is 35.5. The summed E-state index contributed by atoms with van der Waals surface area (Å²) in [6.07, 6.45) is 2.15. The summed E-state index contributed by atoms with van der Waals surface area (Å²) in [4.78, 5) is 10.4. The van der Waals surface area contributed by atoms with E-state index in [0.717, 1.165) is 19.5 Å². The third-order valence-electron chi connectivity index (χ3n) is 3.80. The number of anilines is 1. The van der Waals surface area contributed by atoms with Gasteiger partial charge in [-0.25, -0.2) is 9.97 Å². The monoisotopic (exact) mass is 318 g/mol. The first-order valence-corrected chi connectivity index (χ1v) is 7.78. The van der Waals surface area contributed by atoms with E-state index in [4.69, 9.17) is 11.6 Å². The van der Waals surface area contributed by atoms with Crippen molar-refractivity contribution >= 4 is 17.5 Å². The minimum absolute atomic E-state index is 0.389. The highest BCUT2D eigenvalue weighted by molar-refractivity contribution is 6.29. The minimum Gasteiger partial charge on any atom is -0.390 e. The Balaban J connectivity index is 1.49. The van der Waals surface area contributed by atoms with Crippen LogP contribution in [0.5, 0.6) is 0 Å². The van der Waals surface area contributed by atoms with Gasteiger partial charge in [-0.2, -0.15) is 0 Å². The number of aromatic nitrogens is 2. The van der Waals surface area contributed by atoms with Crippen LogP contribution in [0.1, 0.15) is 11.1 Å². The molecule has 3 rings (SSSR count). The summed E-state index contributed by atoms with van der Waals surface area (Å²) in [5.41, 5.74) is 2.77. The van der Waals surface area contributed by atoms with E-state index < -0.39 is 6.10 Å². The number of aliphatic hydroxyl groups is 1. The largest absolute Gasteiger partial charge is 0.390 e. The van der Waals surface area contributed by atoms with E-state index in [9.17, 15) is 5.11 Å². The lowest BCUT2D eigenvalue weighted by Gasteiger charge is -2.30. The lowest BCUT2D eigenvalue weighted by atomic mass is 10.00. The van der Waals surface area contributed by atoms with Crippen molar-refractivity contribution in [2.75, 3.05) is 25.0 Å². The van der Waals surface area contributed by atoms with E-state index >= 15 is 0 Å². The number of benzene rings is 1. The van der Waals surface area contributed by atoms with Gasteiger partial charge in [0.2, 0.25) is 5.95 Å². The molecule has 0 aliphatic carbocycles. The molecule has 0 saturated heterocycles. The van der Waals surface area contributed by atoms with Gasteiger partial charge in [0.25, 0.3) is 0 Å². The second-order valence-corrected chi connectivity index (χ2v) is 5.88. The zero-order chi connectivity index (χ0) is 15.4. The van der Waals surface area contributed by atoms with Gasteiger partial charge in [0.1, 0.15) is 5.15 Å². The van der Waals surface area contributed by atoms with Crippen LogP contribution in [0, 0.1) is 0 Å². The molecule has 1 aromatic heterocycles. The molecule has 6 heteroatoms. The second kappa shape index (κ2) is 7.05. The number of nitrogens with one attached hydrogen (secondary N) is 1. The predicted molar refractivity (Wildman–Crippen MR) is 87.0 cm³/mol. The smallest absolute Gasteiger partial charge is 0.224 e. The highest BCUT2D eigenvalue weighted by Gasteiger charge is 2.18. The van der Waals surface area contributed by atoms with Crippen LogP contribution in [-0.4, -0.2) is 45.7 Å². The second-order valence-electron chi connectivity index (χ2n) is 5.49. The summed E-state index contributed by atoms with van der Waals surface area (Å²) in [6, 6.07) is 10.1. The summed E-state index contributed by atoms with van der Waals surface area (Å²) in [7, 11) is 0. The first kappa shape index (κ1) is 15.2. The summed E-state index contributed by atoms with van der Waals surface area (Å²) < 4.78 is 0. The van der Waals surface area contributed by atoms with E-state index in [1.165, 1.54) is 11.1 Å². The molecule has 5 nitrogen and oxygen atoms in total. The third-order valence-corrected chi connectivity index (χ3v) is 4.01. The molecule has 1 unspecified atom stereocenters. The van der Waals surface area contributed by atoms with Crippen molar-refractivity contribution in [3.63, 3.8) is 0 Å². The quantitative estimate of drug-likeness (QED) is 0.825. The van der Waals surface area contributed by atoms with Crippen molar-refractivity contribution in [3.05, 3.63) is 52.8 Å². The molecule has 1 aliphatic heterocycles. The molecule has 0 bridgehead atoms. The zero-order valence-corrected chi connectivity index (χ0v) is 13.0. The van der Waals surface area contributed by atoms with Crippen LogP contribution in [0.3, 0.4) is 0 Å². The maximum absolute atomic E-state index is 10.2. The fourth-order valence-electron chi connectivity index (χ4n) is 2.70. The molecule has 0 saturated carbocycles. The fourth-order valence-corrected chi connectivity index (χ4v) is 2.84. The Labute approximate surface area is 135 Å². The van der Waals surface area contributed by atoms with Gasteiger partial charge in [0.05, 0.1) is 6.10 Å². The van der Waals surface area contributed by atoms with E-state index in [1.807, 2.05) is 0 Å². The number of hydrogen-bond acceptors (Lipinski definition) is 5. The lowest BCUT2D eigenvalue weighted by Crippen LogP contribution is -2.39. The zero-order valence-electron chi connectivity index (χ0n) is 12.2. The first-order valence-electron chi connectivity index (χ1n) is 7.40. The van der Waals surface area contributed by atoms with Gasteiger partial charge in [-0.05, 0) is 23.6 Å². The molecule has 116 valence electrons. The van der Waals surface area contributed by atoms with Gasteiger partial charge in [-0.15, -0.1) is 0 Å². The van der Waals surface area contributed by atoms with Gasteiger partial charge in [0.15, 0.2) is 0 Å². The molecule has 1 atom stereocenters. The molecule has 2 N–H and O–H groups in total. The molecule has 1 aromatic carbocycles. The number of hydrogen-bond donors (Lipinski definition) is 2. The SMILES string of the molecule is OC(CNc1nccc(Cl)n1)CN1CCc2ccccc2C1. The summed E-state index contributed by atoms with van der Waals surface area (Å²) >= 11 is 5.80. The van der Waals surface area contributed by atoms with Gasteiger partial charge in [-0.3, -0.25) is 4.90 Å². The van der Waals surface area contributed by atoms with Gasteiger partial charge < -0.3 is 10.4 Å². The van der Waals surface area contributed by atoms with Crippen LogP contribution in [-0.2, 0) is 13.0 Å². The van der Waals surface area contributed by atoms with Crippen LogP contribution < -0.4 is 5.32 Å². The number of aliphatic hydroxyl groups excluding tert-OH is 1. The summed E-state index contributed by atoms with van der Waals surface area (Å²) in [5, 5.41) is 13.6. The van der Waals surface area contributed by atoms with Crippen LogP contribution >= 0.6 is 11.6 Å². The van der Waals surface area contributed by atoms with Gasteiger partial charge in [-0.1, -0.05) is 35.9 Å². The van der Waals surface area contributed by atoms with Crippen molar-refractivity contribution in [1.82, 2.24) is 14.9 Å². The maximum Gasteiger partial charge on any atom is 0.224 e. The van der Waals surface area contributed by atoms with Gasteiger partial charge >= 0.3 is 0 Å². The molecule has 0 radical (unpaired) electrons. The van der Waals surface area contributed by atoms with Crippen LogP contribution in [0.4, 0.5) is 5.95 Å². The predicted octanol–water partition coefficient (Wildman–Crippen LogP) is 1.96. The Hall–Kier alpha value is -1.69. The fraction of sp³-hybridized carbons (Fsp3) is 0.375. The molecule has 0 spiro atoms. The molecule has 1 aliphatic rings. The Bertz CT molecular complexity index is 637. The van der Waals surface area contributed by atoms with E-state index in [-0.39, 0.29) is 0 Å². The van der Waals surface area contributed by atoms with Crippen molar-refractivity contribution in [2.45, 2.75) is 19.1 Å². The molecular weight excluding hydrogens is 300 g/mol. The topological polar surface area (TPSA) is 61.3 Å². The van der Waals surface area contributed by atoms with Crippen LogP contribution in [0.25, 0.3) is 0 Å². The standard InChI is InChI=1S/C16H19ClN4O/c17-15-5-7-18-16(20-15)19-9-14(22)11-21-8-6-12-3-1-2-4-13(12)10-21/h1-5,7,14,22H,6,8-11H2,(H,18,19,20). The summed E-state index contributed by atoms with van der Waals surface area (Å²) in [5.74, 6) is 0.440. The molecule has 2 heterocycles. The molecule has 0 fully saturated rings. The normalized spacial score (nSPS) is 16.1. The van der Waals surface area contributed by atoms with E-state index in [1.54, 1.807) is 12.3 Å². The molecular formula is C16H19ClN4O. The van der Waals surface area contributed by atoms with Crippen LogP contribution in [0.15, 0.2) is 36.5 Å². The summed E-state index contributed by atoms with van der Waals surface area (Å²) in [6.45, 7) is 2.89. The van der Waals surface area contributed by atoms with Crippen LogP contribution in [0.2, 0.25) is 5.15 Å². The highest BCUT2D eigenvalue weighted by Crippen LogP contribution is 2.18. The van der Waals surface area contributed by atoms with Crippen molar-refractivity contribution in [1.29, 1.82) is 0 Å². The third kappa shape index (κ3) is 3.94. The van der Waals surface area contributed by atoms with Crippen molar-refractivity contribution in [2.24, 2.45) is 0 Å². The van der Waals surface area contributed by atoms with Gasteiger partial charge in [0, 0.05) is 32.4 Å². The number of rotatable bonds is 5. The van der Waals surface area contributed by atoms with E-state index in [2.05, 4.69) is 44.5 Å². The number of fused-ring (bicyclic) bond motifs is 1. The number of β-amino-alcohol motifs (C(OH)–C–C–N with tert-alkyl or cyclic N) is 1. The van der Waals surface area contributed by atoms with Crippen molar-refractivity contribution < 1.29 is 5.11 Å². The average molecular weight is 319 g/mol. The molecule has 2 aromatic rings. The molecule has 22 heavy (non-hydrogen) atoms.